The highest BCUT2D eigenvalue weighted by Gasteiger charge is 1.99. The molecule has 1 N–H and O–H groups in total. The SMILES string of the molecule is Clc1ncc(CNc2cccc(I)c2)s1. The smallest absolute Gasteiger partial charge is 0.183 e. The van der Waals surface area contributed by atoms with Crippen LogP contribution < -0.4 is 5.32 Å². The molecule has 0 saturated heterocycles. The monoisotopic (exact) mass is 350 g/mol. The van der Waals surface area contributed by atoms with Gasteiger partial charge in [-0.1, -0.05) is 17.7 Å². The molecular formula is C10H8ClIN2S. The van der Waals surface area contributed by atoms with Gasteiger partial charge in [-0.3, -0.25) is 0 Å². The molecule has 2 rings (SSSR count). The summed E-state index contributed by atoms with van der Waals surface area (Å²) < 4.78 is 1.81. The van der Waals surface area contributed by atoms with E-state index in [9.17, 15) is 0 Å². The summed E-state index contributed by atoms with van der Waals surface area (Å²) in [6.07, 6.45) is 1.80. The third-order valence-corrected chi connectivity index (χ3v) is 3.60. The summed E-state index contributed by atoms with van der Waals surface area (Å²) in [5, 5.41) is 3.32. The van der Waals surface area contributed by atoms with Crippen molar-refractivity contribution in [3.63, 3.8) is 0 Å². The molecule has 0 unspecified atom stereocenters. The molecule has 1 aromatic heterocycles. The van der Waals surface area contributed by atoms with Crippen LogP contribution in [0.4, 0.5) is 5.69 Å². The van der Waals surface area contributed by atoms with E-state index in [1.54, 1.807) is 6.20 Å². The van der Waals surface area contributed by atoms with Crippen molar-refractivity contribution in [2.24, 2.45) is 0 Å². The number of hydrogen-bond donors (Lipinski definition) is 1. The standard InChI is InChI=1S/C10H8ClIN2S/c11-10-14-6-9(15-10)5-13-8-3-1-2-7(12)4-8/h1-4,6,13H,5H2. The Bertz CT molecular complexity index is 458. The summed E-state index contributed by atoms with van der Waals surface area (Å²) in [4.78, 5) is 5.13. The molecule has 0 aliphatic heterocycles. The Balaban J connectivity index is 1.99. The van der Waals surface area contributed by atoms with Crippen LogP contribution in [0, 0.1) is 3.57 Å². The summed E-state index contributed by atoms with van der Waals surface area (Å²) in [6, 6.07) is 8.24. The van der Waals surface area contributed by atoms with Crippen molar-refractivity contribution in [2.45, 2.75) is 6.54 Å². The molecular weight excluding hydrogens is 343 g/mol. The van der Waals surface area contributed by atoms with E-state index >= 15 is 0 Å². The maximum absolute atomic E-state index is 5.75. The lowest BCUT2D eigenvalue weighted by Gasteiger charge is -2.04. The summed E-state index contributed by atoms with van der Waals surface area (Å²) in [7, 11) is 0. The van der Waals surface area contributed by atoms with E-state index in [0.717, 1.165) is 17.1 Å². The average molecular weight is 351 g/mol. The first kappa shape index (κ1) is 11.2. The molecule has 0 bridgehead atoms. The number of rotatable bonds is 3. The molecule has 0 atom stereocenters. The topological polar surface area (TPSA) is 24.9 Å². The number of benzene rings is 1. The lowest BCUT2D eigenvalue weighted by atomic mass is 10.3. The Morgan fingerprint density at radius 1 is 1.47 bits per heavy atom. The van der Waals surface area contributed by atoms with Crippen molar-refractivity contribution < 1.29 is 0 Å². The van der Waals surface area contributed by atoms with Gasteiger partial charge in [0.15, 0.2) is 4.47 Å². The van der Waals surface area contributed by atoms with Crippen molar-refractivity contribution in [1.82, 2.24) is 4.98 Å². The third-order valence-electron chi connectivity index (χ3n) is 1.82. The van der Waals surface area contributed by atoms with Gasteiger partial charge in [-0.15, -0.1) is 11.3 Å². The Morgan fingerprint density at radius 3 is 3.00 bits per heavy atom. The Labute approximate surface area is 111 Å². The Morgan fingerprint density at radius 2 is 2.33 bits per heavy atom. The van der Waals surface area contributed by atoms with Crippen LogP contribution in [0.3, 0.4) is 0 Å². The third kappa shape index (κ3) is 3.32. The number of hydrogen-bond acceptors (Lipinski definition) is 3. The average Bonchev–Trinajstić information content (AvgIpc) is 2.62. The molecule has 0 aliphatic rings. The first-order valence-corrected chi connectivity index (χ1v) is 6.61. The highest BCUT2D eigenvalue weighted by Crippen LogP contribution is 2.19. The summed E-state index contributed by atoms with van der Waals surface area (Å²) >= 11 is 9.54. The minimum atomic E-state index is 0.592. The molecule has 1 aromatic carbocycles. The molecule has 78 valence electrons. The van der Waals surface area contributed by atoms with Gasteiger partial charge in [-0.05, 0) is 40.8 Å². The molecule has 0 saturated carbocycles. The summed E-state index contributed by atoms with van der Waals surface area (Å²) in [5.41, 5.74) is 1.12. The maximum atomic E-state index is 5.75. The van der Waals surface area contributed by atoms with Gasteiger partial charge in [0.05, 0.1) is 6.54 Å². The van der Waals surface area contributed by atoms with E-state index in [0.29, 0.717) is 4.47 Å². The zero-order chi connectivity index (χ0) is 10.7. The Kier molecular flexibility index (Phi) is 3.82. The number of nitrogens with zero attached hydrogens (tertiary/aromatic N) is 1. The lowest BCUT2D eigenvalue weighted by molar-refractivity contribution is 1.17. The van der Waals surface area contributed by atoms with Crippen molar-refractivity contribution in [3.05, 3.63) is 43.4 Å². The van der Waals surface area contributed by atoms with Crippen LogP contribution in [0.5, 0.6) is 0 Å². The van der Waals surface area contributed by atoms with Crippen LogP contribution in [0.15, 0.2) is 30.5 Å². The van der Waals surface area contributed by atoms with E-state index in [1.165, 1.54) is 14.9 Å². The van der Waals surface area contributed by atoms with E-state index in [-0.39, 0.29) is 0 Å². The fourth-order valence-electron chi connectivity index (χ4n) is 1.15. The second kappa shape index (κ2) is 5.14. The van der Waals surface area contributed by atoms with E-state index in [4.69, 9.17) is 11.6 Å². The van der Waals surface area contributed by atoms with Gasteiger partial charge in [-0.25, -0.2) is 4.98 Å². The van der Waals surface area contributed by atoms with Crippen molar-refractivity contribution in [3.8, 4) is 0 Å². The fraction of sp³-hybridized carbons (Fsp3) is 0.100. The molecule has 0 fully saturated rings. The predicted molar refractivity (Wildman–Crippen MR) is 73.6 cm³/mol. The van der Waals surface area contributed by atoms with E-state index in [1.807, 2.05) is 12.1 Å². The number of aromatic nitrogens is 1. The lowest BCUT2D eigenvalue weighted by Crippen LogP contribution is -1.97. The molecule has 0 radical (unpaired) electrons. The molecule has 1 heterocycles. The van der Waals surface area contributed by atoms with Crippen molar-refractivity contribution >= 4 is 51.2 Å². The molecule has 2 aromatic rings. The minimum absolute atomic E-state index is 0.592. The second-order valence-corrected chi connectivity index (χ2v) is 5.89. The quantitative estimate of drug-likeness (QED) is 0.846. The maximum Gasteiger partial charge on any atom is 0.183 e. The number of anilines is 1. The molecule has 2 nitrogen and oxygen atoms in total. The predicted octanol–water partition coefficient (Wildman–Crippen LogP) is 4.01. The van der Waals surface area contributed by atoms with Crippen LogP contribution in [-0.4, -0.2) is 4.98 Å². The largest absolute Gasteiger partial charge is 0.380 e. The highest BCUT2D eigenvalue weighted by atomic mass is 127. The Hall–Kier alpha value is -0.330. The van der Waals surface area contributed by atoms with Gasteiger partial charge >= 0.3 is 0 Å². The van der Waals surface area contributed by atoms with Gasteiger partial charge in [0.25, 0.3) is 0 Å². The summed E-state index contributed by atoms with van der Waals surface area (Å²) in [5.74, 6) is 0. The second-order valence-electron chi connectivity index (χ2n) is 2.94. The minimum Gasteiger partial charge on any atom is -0.380 e. The van der Waals surface area contributed by atoms with Crippen molar-refractivity contribution in [2.75, 3.05) is 5.32 Å². The van der Waals surface area contributed by atoms with Gasteiger partial charge in [-0.2, -0.15) is 0 Å². The fourth-order valence-corrected chi connectivity index (χ4v) is 2.61. The van der Waals surface area contributed by atoms with Crippen LogP contribution in [0.25, 0.3) is 0 Å². The molecule has 0 amide bonds. The first-order valence-electron chi connectivity index (χ1n) is 4.34. The molecule has 0 aliphatic carbocycles. The normalized spacial score (nSPS) is 10.3. The van der Waals surface area contributed by atoms with E-state index in [2.05, 4.69) is 45.0 Å². The van der Waals surface area contributed by atoms with Gasteiger partial charge in [0.2, 0.25) is 0 Å². The van der Waals surface area contributed by atoms with Crippen LogP contribution in [-0.2, 0) is 6.54 Å². The van der Waals surface area contributed by atoms with Gasteiger partial charge in [0, 0.05) is 20.3 Å². The van der Waals surface area contributed by atoms with Gasteiger partial charge < -0.3 is 5.32 Å². The first-order chi connectivity index (χ1) is 7.24. The van der Waals surface area contributed by atoms with Crippen molar-refractivity contribution in [1.29, 1.82) is 0 Å². The number of nitrogens with one attached hydrogen (secondary N) is 1. The highest BCUT2D eigenvalue weighted by molar-refractivity contribution is 14.1. The molecule has 15 heavy (non-hydrogen) atoms. The van der Waals surface area contributed by atoms with Crippen LogP contribution >= 0.6 is 45.5 Å². The van der Waals surface area contributed by atoms with Crippen LogP contribution in [0.2, 0.25) is 4.47 Å². The van der Waals surface area contributed by atoms with Gasteiger partial charge in [0.1, 0.15) is 0 Å². The van der Waals surface area contributed by atoms with Crippen LogP contribution in [0.1, 0.15) is 4.88 Å². The zero-order valence-corrected chi connectivity index (χ0v) is 11.4. The van der Waals surface area contributed by atoms with E-state index < -0.39 is 0 Å². The summed E-state index contributed by atoms with van der Waals surface area (Å²) in [6.45, 7) is 0.768. The molecule has 5 heteroatoms. The number of thiazole rings is 1. The zero-order valence-electron chi connectivity index (χ0n) is 7.71. The number of halogens is 2. The molecule has 0 spiro atoms.